The Morgan fingerprint density at radius 1 is 1.21 bits per heavy atom. The molecule has 24 heavy (non-hydrogen) atoms. The summed E-state index contributed by atoms with van der Waals surface area (Å²) in [7, 11) is 0. The van der Waals surface area contributed by atoms with E-state index in [0.717, 1.165) is 40.5 Å². The van der Waals surface area contributed by atoms with E-state index in [1.54, 1.807) is 6.20 Å². The van der Waals surface area contributed by atoms with Crippen LogP contribution in [0, 0.1) is 5.92 Å². The minimum Gasteiger partial charge on any atom is -0.357 e. The molecule has 2 heterocycles. The number of halogens is 1. The van der Waals surface area contributed by atoms with Crippen LogP contribution < -0.4 is 10.2 Å². The number of carbonyl (C=O) groups excluding carboxylic acids is 1. The van der Waals surface area contributed by atoms with Crippen molar-refractivity contribution in [3.63, 3.8) is 0 Å². The van der Waals surface area contributed by atoms with E-state index in [1.165, 1.54) is 12.8 Å². The SMILES string of the molecule is CC1CCN(c2ccc(NC(=O)Cc3ccc(Br)cc3)cn2)CC1. The quantitative estimate of drug-likeness (QED) is 0.851. The lowest BCUT2D eigenvalue weighted by atomic mass is 9.99. The number of pyridine rings is 1. The Bertz CT molecular complexity index is 677. The zero-order valence-corrected chi connectivity index (χ0v) is 15.4. The Labute approximate surface area is 151 Å². The summed E-state index contributed by atoms with van der Waals surface area (Å²) in [5.74, 6) is 1.77. The van der Waals surface area contributed by atoms with Crippen molar-refractivity contribution in [3.05, 3.63) is 52.6 Å². The smallest absolute Gasteiger partial charge is 0.228 e. The van der Waals surface area contributed by atoms with E-state index < -0.39 is 0 Å². The number of hydrogen-bond donors (Lipinski definition) is 1. The Hall–Kier alpha value is -1.88. The first kappa shape index (κ1) is 17.0. The van der Waals surface area contributed by atoms with Crippen LogP contribution in [0.25, 0.3) is 0 Å². The summed E-state index contributed by atoms with van der Waals surface area (Å²) in [6.45, 7) is 4.42. The monoisotopic (exact) mass is 387 g/mol. The van der Waals surface area contributed by atoms with Gasteiger partial charge in [-0.2, -0.15) is 0 Å². The van der Waals surface area contributed by atoms with E-state index in [9.17, 15) is 4.79 Å². The number of hydrogen-bond acceptors (Lipinski definition) is 3. The van der Waals surface area contributed by atoms with Crippen LogP contribution in [0.2, 0.25) is 0 Å². The largest absolute Gasteiger partial charge is 0.357 e. The topological polar surface area (TPSA) is 45.2 Å². The Morgan fingerprint density at radius 3 is 2.54 bits per heavy atom. The molecule has 1 aromatic carbocycles. The number of anilines is 2. The number of aromatic nitrogens is 1. The molecule has 0 saturated carbocycles. The standard InChI is InChI=1S/C19H22BrN3O/c1-14-8-10-23(11-9-14)18-7-6-17(13-21-18)22-19(24)12-15-2-4-16(20)5-3-15/h2-7,13-14H,8-12H2,1H3,(H,22,24). The molecule has 0 bridgehead atoms. The first-order chi connectivity index (χ1) is 11.6. The summed E-state index contributed by atoms with van der Waals surface area (Å²) in [6.07, 6.45) is 4.53. The third kappa shape index (κ3) is 4.57. The van der Waals surface area contributed by atoms with Gasteiger partial charge < -0.3 is 10.2 Å². The molecule has 1 saturated heterocycles. The maximum absolute atomic E-state index is 12.1. The highest BCUT2D eigenvalue weighted by atomic mass is 79.9. The zero-order chi connectivity index (χ0) is 16.9. The fourth-order valence-corrected chi connectivity index (χ4v) is 3.14. The van der Waals surface area contributed by atoms with Crippen LogP contribution in [0.5, 0.6) is 0 Å². The van der Waals surface area contributed by atoms with E-state index in [-0.39, 0.29) is 5.91 Å². The van der Waals surface area contributed by atoms with E-state index in [4.69, 9.17) is 0 Å². The lowest BCUT2D eigenvalue weighted by Crippen LogP contribution is -2.33. The van der Waals surface area contributed by atoms with Crippen LogP contribution in [0.15, 0.2) is 47.1 Å². The van der Waals surface area contributed by atoms with Crippen LogP contribution in [-0.2, 0) is 11.2 Å². The molecule has 1 aliphatic heterocycles. The first-order valence-electron chi connectivity index (χ1n) is 8.35. The van der Waals surface area contributed by atoms with E-state index >= 15 is 0 Å². The molecule has 1 N–H and O–H groups in total. The average molecular weight is 388 g/mol. The highest BCUT2D eigenvalue weighted by Crippen LogP contribution is 2.22. The fraction of sp³-hybridized carbons (Fsp3) is 0.368. The molecular formula is C19H22BrN3O. The Morgan fingerprint density at radius 2 is 1.92 bits per heavy atom. The van der Waals surface area contributed by atoms with Crippen molar-refractivity contribution in [1.29, 1.82) is 0 Å². The van der Waals surface area contributed by atoms with E-state index in [1.807, 2.05) is 36.4 Å². The van der Waals surface area contributed by atoms with Gasteiger partial charge in [-0.1, -0.05) is 35.0 Å². The molecule has 0 aliphatic carbocycles. The van der Waals surface area contributed by atoms with Crippen molar-refractivity contribution in [3.8, 4) is 0 Å². The van der Waals surface area contributed by atoms with Gasteiger partial charge in [-0.25, -0.2) is 4.98 Å². The number of rotatable bonds is 4. The van der Waals surface area contributed by atoms with Crippen molar-refractivity contribution in [1.82, 2.24) is 4.98 Å². The highest BCUT2D eigenvalue weighted by molar-refractivity contribution is 9.10. The molecule has 2 aromatic rings. The number of nitrogens with one attached hydrogen (secondary N) is 1. The summed E-state index contributed by atoms with van der Waals surface area (Å²) in [5.41, 5.74) is 1.73. The number of benzene rings is 1. The second kappa shape index (κ2) is 7.79. The lowest BCUT2D eigenvalue weighted by Gasteiger charge is -2.31. The van der Waals surface area contributed by atoms with Gasteiger partial charge in [0.1, 0.15) is 5.82 Å². The summed E-state index contributed by atoms with van der Waals surface area (Å²) in [5, 5.41) is 2.91. The average Bonchev–Trinajstić information content (AvgIpc) is 2.58. The van der Waals surface area contributed by atoms with Crippen LogP contribution in [0.3, 0.4) is 0 Å². The molecule has 126 valence electrons. The van der Waals surface area contributed by atoms with Crippen molar-refractivity contribution in [2.24, 2.45) is 5.92 Å². The van der Waals surface area contributed by atoms with Gasteiger partial charge in [-0.15, -0.1) is 0 Å². The van der Waals surface area contributed by atoms with Gasteiger partial charge in [-0.05, 0) is 48.6 Å². The van der Waals surface area contributed by atoms with Gasteiger partial charge in [0.25, 0.3) is 0 Å². The van der Waals surface area contributed by atoms with E-state index in [0.29, 0.717) is 6.42 Å². The molecule has 1 aromatic heterocycles. The van der Waals surface area contributed by atoms with Crippen LogP contribution in [-0.4, -0.2) is 24.0 Å². The second-order valence-corrected chi connectivity index (χ2v) is 7.34. The van der Waals surface area contributed by atoms with Crippen LogP contribution >= 0.6 is 15.9 Å². The van der Waals surface area contributed by atoms with Crippen molar-refractivity contribution in [2.75, 3.05) is 23.3 Å². The molecule has 1 fully saturated rings. The molecular weight excluding hydrogens is 366 g/mol. The molecule has 1 aliphatic rings. The Kier molecular flexibility index (Phi) is 5.51. The first-order valence-corrected chi connectivity index (χ1v) is 9.15. The molecule has 0 radical (unpaired) electrons. The minimum absolute atomic E-state index is 0.0290. The van der Waals surface area contributed by atoms with Crippen molar-refractivity contribution < 1.29 is 4.79 Å². The second-order valence-electron chi connectivity index (χ2n) is 6.43. The molecule has 3 rings (SSSR count). The van der Waals surface area contributed by atoms with Crippen LogP contribution in [0.4, 0.5) is 11.5 Å². The van der Waals surface area contributed by atoms with Gasteiger partial charge in [0.2, 0.25) is 5.91 Å². The molecule has 5 heteroatoms. The van der Waals surface area contributed by atoms with Gasteiger partial charge in [0.05, 0.1) is 18.3 Å². The maximum Gasteiger partial charge on any atom is 0.228 e. The van der Waals surface area contributed by atoms with Gasteiger partial charge in [-0.3, -0.25) is 4.79 Å². The normalized spacial score (nSPS) is 15.3. The number of piperidine rings is 1. The highest BCUT2D eigenvalue weighted by Gasteiger charge is 2.16. The fourth-order valence-electron chi connectivity index (χ4n) is 2.88. The maximum atomic E-state index is 12.1. The third-order valence-electron chi connectivity index (χ3n) is 4.42. The lowest BCUT2D eigenvalue weighted by molar-refractivity contribution is -0.115. The molecule has 0 atom stereocenters. The summed E-state index contributed by atoms with van der Waals surface area (Å²) in [6, 6.07) is 11.7. The summed E-state index contributed by atoms with van der Waals surface area (Å²) < 4.78 is 1.01. The number of amides is 1. The number of nitrogens with zero attached hydrogens (tertiary/aromatic N) is 2. The zero-order valence-electron chi connectivity index (χ0n) is 13.8. The van der Waals surface area contributed by atoms with Crippen molar-refractivity contribution >= 4 is 33.3 Å². The van der Waals surface area contributed by atoms with Gasteiger partial charge in [0.15, 0.2) is 0 Å². The molecule has 0 unspecified atom stereocenters. The summed E-state index contributed by atoms with van der Waals surface area (Å²) in [4.78, 5) is 18.9. The van der Waals surface area contributed by atoms with Gasteiger partial charge >= 0.3 is 0 Å². The third-order valence-corrected chi connectivity index (χ3v) is 4.95. The molecule has 0 spiro atoms. The summed E-state index contributed by atoms with van der Waals surface area (Å²) >= 11 is 3.40. The van der Waals surface area contributed by atoms with Crippen molar-refractivity contribution in [2.45, 2.75) is 26.2 Å². The minimum atomic E-state index is -0.0290. The number of carbonyl (C=O) groups is 1. The van der Waals surface area contributed by atoms with E-state index in [2.05, 4.69) is 38.1 Å². The van der Waals surface area contributed by atoms with Gasteiger partial charge in [0, 0.05) is 17.6 Å². The van der Waals surface area contributed by atoms with Crippen LogP contribution in [0.1, 0.15) is 25.3 Å². The molecule has 1 amide bonds. The predicted molar refractivity (Wildman–Crippen MR) is 101 cm³/mol. The predicted octanol–water partition coefficient (Wildman–Crippen LogP) is 4.26. The Balaban J connectivity index is 1.55. The molecule has 4 nitrogen and oxygen atoms in total.